The van der Waals surface area contributed by atoms with Gasteiger partial charge in [0.15, 0.2) is 4.88 Å². The molecule has 0 unspecified atom stereocenters. The average Bonchev–Trinajstić information content (AvgIpc) is 2.65. The lowest BCUT2D eigenvalue weighted by molar-refractivity contribution is -0.134. The third kappa shape index (κ3) is 1.99. The van der Waals surface area contributed by atoms with E-state index in [0.29, 0.717) is 0 Å². The van der Waals surface area contributed by atoms with Crippen LogP contribution in [0.4, 0.5) is 13.2 Å². The Labute approximate surface area is 92.3 Å². The molecule has 3 nitrogen and oxygen atoms in total. The number of rotatable bonds is 1. The van der Waals surface area contributed by atoms with E-state index < -0.39 is 11.1 Å². The first kappa shape index (κ1) is 10.9. The maximum absolute atomic E-state index is 12.5. The second-order valence-electron chi connectivity index (χ2n) is 3.00. The summed E-state index contributed by atoms with van der Waals surface area (Å²) in [5.41, 5.74) is -0.0607. The number of halogens is 3. The van der Waals surface area contributed by atoms with Gasteiger partial charge in [0.2, 0.25) is 0 Å². The van der Waals surface area contributed by atoms with Crippen LogP contribution in [0.15, 0.2) is 24.3 Å². The summed E-state index contributed by atoms with van der Waals surface area (Å²) in [4.78, 5) is -0.863. The van der Waals surface area contributed by atoms with E-state index in [1.165, 1.54) is 24.3 Å². The van der Waals surface area contributed by atoms with Crippen LogP contribution in [-0.4, -0.2) is 14.7 Å². The van der Waals surface area contributed by atoms with E-state index in [1.54, 1.807) is 0 Å². The quantitative estimate of drug-likeness (QED) is 0.841. The molecule has 0 aliphatic rings. The topological polar surface area (TPSA) is 46.0 Å². The number of aromatic nitrogens is 2. The smallest absolute Gasteiger partial charge is 0.429 e. The van der Waals surface area contributed by atoms with Crippen LogP contribution in [0.1, 0.15) is 4.88 Å². The van der Waals surface area contributed by atoms with Gasteiger partial charge in [-0.3, -0.25) is 0 Å². The number of aromatic hydroxyl groups is 1. The number of alkyl halides is 3. The summed E-state index contributed by atoms with van der Waals surface area (Å²) >= 11 is 0.289. The van der Waals surface area contributed by atoms with Gasteiger partial charge in [-0.1, -0.05) is 16.6 Å². The number of phenols is 1. The maximum atomic E-state index is 12.5. The van der Waals surface area contributed by atoms with Crippen molar-refractivity contribution in [1.29, 1.82) is 0 Å². The Kier molecular flexibility index (Phi) is 2.55. The molecular weight excluding hydrogens is 241 g/mol. The van der Waals surface area contributed by atoms with Crippen LogP contribution < -0.4 is 0 Å². The summed E-state index contributed by atoms with van der Waals surface area (Å²) in [5.74, 6) is -0.112. The van der Waals surface area contributed by atoms with E-state index in [9.17, 15) is 18.3 Å². The summed E-state index contributed by atoms with van der Waals surface area (Å²) in [6.45, 7) is 0. The molecular formula is C9H5F3N2OS. The minimum atomic E-state index is -4.48. The molecule has 0 spiro atoms. The molecule has 0 bridgehead atoms. The third-order valence-corrected chi connectivity index (χ3v) is 2.64. The molecule has 16 heavy (non-hydrogen) atoms. The lowest BCUT2D eigenvalue weighted by Gasteiger charge is -2.05. The molecule has 0 aliphatic heterocycles. The van der Waals surface area contributed by atoms with Crippen LogP contribution in [0.2, 0.25) is 0 Å². The first-order chi connectivity index (χ1) is 7.48. The van der Waals surface area contributed by atoms with Crippen LogP contribution in [0.25, 0.3) is 11.3 Å². The Morgan fingerprint density at radius 1 is 1.25 bits per heavy atom. The Morgan fingerprint density at radius 3 is 2.62 bits per heavy atom. The van der Waals surface area contributed by atoms with Crippen molar-refractivity contribution >= 4 is 11.5 Å². The number of phenolic OH excluding ortho intramolecular Hbond substituents is 1. The number of nitrogens with zero attached hydrogens (tertiary/aromatic N) is 2. The molecule has 0 amide bonds. The second-order valence-corrected chi connectivity index (χ2v) is 3.75. The summed E-state index contributed by atoms with van der Waals surface area (Å²) in [6.07, 6.45) is -4.48. The van der Waals surface area contributed by atoms with Crippen molar-refractivity contribution in [3.05, 3.63) is 29.1 Å². The molecule has 1 heterocycles. The summed E-state index contributed by atoms with van der Waals surface area (Å²) < 4.78 is 40.9. The van der Waals surface area contributed by atoms with Gasteiger partial charge in [0, 0.05) is 5.56 Å². The van der Waals surface area contributed by atoms with E-state index in [-0.39, 0.29) is 28.5 Å². The van der Waals surface area contributed by atoms with Gasteiger partial charge in [-0.15, -0.1) is 5.10 Å². The standard InChI is InChI=1S/C9H5F3N2OS/c10-9(11,12)8-7(13-14-16-8)5-2-1-3-6(15)4-5/h1-4,15H. The lowest BCUT2D eigenvalue weighted by Crippen LogP contribution is -2.03. The van der Waals surface area contributed by atoms with Gasteiger partial charge < -0.3 is 5.11 Å². The SMILES string of the molecule is Oc1cccc(-c2nnsc2C(F)(F)F)c1. The number of benzene rings is 1. The van der Waals surface area contributed by atoms with Gasteiger partial charge in [0.05, 0.1) is 0 Å². The van der Waals surface area contributed by atoms with E-state index >= 15 is 0 Å². The monoisotopic (exact) mass is 246 g/mol. The van der Waals surface area contributed by atoms with Crippen LogP contribution >= 0.6 is 11.5 Å². The van der Waals surface area contributed by atoms with Gasteiger partial charge in [-0.05, 0) is 23.7 Å². The van der Waals surface area contributed by atoms with Crippen molar-refractivity contribution < 1.29 is 18.3 Å². The van der Waals surface area contributed by atoms with Gasteiger partial charge in [0.1, 0.15) is 11.4 Å². The number of hydrogen-bond acceptors (Lipinski definition) is 4. The van der Waals surface area contributed by atoms with Gasteiger partial charge >= 0.3 is 6.18 Å². The molecule has 0 radical (unpaired) electrons. The average molecular weight is 246 g/mol. The fourth-order valence-electron chi connectivity index (χ4n) is 1.22. The molecule has 0 saturated heterocycles. The highest BCUT2D eigenvalue weighted by atomic mass is 32.1. The van der Waals surface area contributed by atoms with Gasteiger partial charge in [0.25, 0.3) is 0 Å². The minimum absolute atomic E-state index is 0.112. The molecule has 7 heteroatoms. The normalized spacial score (nSPS) is 11.7. The predicted molar refractivity (Wildman–Crippen MR) is 52.0 cm³/mol. The zero-order chi connectivity index (χ0) is 11.8. The molecule has 1 aromatic carbocycles. The number of hydrogen-bond donors (Lipinski definition) is 1. The largest absolute Gasteiger partial charge is 0.508 e. The zero-order valence-corrected chi connectivity index (χ0v) is 8.51. The van der Waals surface area contributed by atoms with E-state index in [1.807, 2.05) is 0 Å². The lowest BCUT2D eigenvalue weighted by atomic mass is 10.1. The highest BCUT2D eigenvalue weighted by molar-refractivity contribution is 7.06. The Bertz CT molecular complexity index is 509. The van der Waals surface area contributed by atoms with Crippen LogP contribution in [0, 0.1) is 0 Å². The van der Waals surface area contributed by atoms with E-state index in [2.05, 4.69) is 9.59 Å². The predicted octanol–water partition coefficient (Wildman–Crippen LogP) is 2.93. The van der Waals surface area contributed by atoms with Gasteiger partial charge in [-0.2, -0.15) is 13.2 Å². The summed E-state index contributed by atoms with van der Waals surface area (Å²) in [7, 11) is 0. The second kappa shape index (κ2) is 3.75. The first-order valence-electron chi connectivity index (χ1n) is 4.17. The minimum Gasteiger partial charge on any atom is -0.508 e. The molecule has 0 fully saturated rings. The Hall–Kier alpha value is -1.63. The summed E-state index contributed by atoms with van der Waals surface area (Å²) in [6, 6.07) is 5.47. The Balaban J connectivity index is 2.53. The van der Waals surface area contributed by atoms with Crippen LogP contribution in [0.5, 0.6) is 5.75 Å². The van der Waals surface area contributed by atoms with E-state index in [0.717, 1.165) is 0 Å². The molecule has 84 valence electrons. The zero-order valence-electron chi connectivity index (χ0n) is 7.69. The highest BCUT2D eigenvalue weighted by Crippen LogP contribution is 2.38. The molecule has 1 aromatic heterocycles. The van der Waals surface area contributed by atoms with Crippen LogP contribution in [0.3, 0.4) is 0 Å². The fraction of sp³-hybridized carbons (Fsp3) is 0.111. The molecule has 1 N–H and O–H groups in total. The first-order valence-corrected chi connectivity index (χ1v) is 4.95. The van der Waals surface area contributed by atoms with Crippen molar-refractivity contribution in [2.75, 3.05) is 0 Å². The van der Waals surface area contributed by atoms with Gasteiger partial charge in [-0.25, -0.2) is 0 Å². The molecule has 2 rings (SSSR count). The van der Waals surface area contributed by atoms with Crippen molar-refractivity contribution in [2.45, 2.75) is 6.18 Å². The maximum Gasteiger partial charge on any atom is 0.429 e. The highest BCUT2D eigenvalue weighted by Gasteiger charge is 2.37. The molecule has 0 saturated carbocycles. The van der Waals surface area contributed by atoms with Crippen molar-refractivity contribution in [1.82, 2.24) is 9.59 Å². The van der Waals surface area contributed by atoms with Crippen molar-refractivity contribution in [2.24, 2.45) is 0 Å². The third-order valence-electron chi connectivity index (χ3n) is 1.87. The molecule has 2 aromatic rings. The van der Waals surface area contributed by atoms with E-state index in [4.69, 9.17) is 0 Å². The fourth-order valence-corrected chi connectivity index (χ4v) is 1.77. The van der Waals surface area contributed by atoms with Crippen molar-refractivity contribution in [3.8, 4) is 17.0 Å². The van der Waals surface area contributed by atoms with Crippen molar-refractivity contribution in [3.63, 3.8) is 0 Å². The van der Waals surface area contributed by atoms with Crippen LogP contribution in [-0.2, 0) is 6.18 Å². The Morgan fingerprint density at radius 2 is 2.00 bits per heavy atom. The summed E-state index contributed by atoms with van der Waals surface area (Å²) in [5, 5.41) is 12.6. The molecule has 0 atom stereocenters. The molecule has 0 aliphatic carbocycles.